The topological polar surface area (TPSA) is 108 Å². The number of carbonyl (C=O) groups is 2. The van der Waals surface area contributed by atoms with Crippen LogP contribution in [-0.2, 0) is 32.7 Å². The van der Waals surface area contributed by atoms with E-state index in [9.17, 15) is 19.0 Å². The third-order valence-electron chi connectivity index (χ3n) is 7.39. The maximum atomic E-state index is 12.4. The number of nitrogens with zero attached hydrogens (tertiary/aromatic N) is 1. The number of phosphoric ester groups is 1. The molecule has 0 heterocycles. The summed E-state index contributed by atoms with van der Waals surface area (Å²) in [6.45, 7) is 3.26. The van der Waals surface area contributed by atoms with E-state index in [1.807, 2.05) is 21.1 Å². The number of phosphoric acid groups is 1. The van der Waals surface area contributed by atoms with Crippen LogP contribution in [0.2, 0.25) is 0 Å². The minimum atomic E-state index is -4.27. The second-order valence-corrected chi connectivity index (χ2v) is 14.3. The minimum absolute atomic E-state index is 0.0736. The molecule has 0 bridgehead atoms. The van der Waals surface area contributed by atoms with Gasteiger partial charge in [0.25, 0.3) is 0 Å². The quantitative estimate of drug-likeness (QED) is 0.0253. The Bertz CT molecular complexity index is 701. The third-order valence-corrected chi connectivity index (χ3v) is 8.37. The van der Waals surface area contributed by atoms with E-state index in [4.69, 9.17) is 18.5 Å². The van der Waals surface area contributed by atoms with E-state index in [1.54, 1.807) is 0 Å². The van der Waals surface area contributed by atoms with Gasteiger partial charge in [-0.3, -0.25) is 13.8 Å². The zero-order valence-corrected chi connectivity index (χ0v) is 29.1. The molecule has 0 aliphatic carbocycles. The molecule has 1 N–H and O–H groups in total. The molecular weight excluding hydrogens is 569 g/mol. The van der Waals surface area contributed by atoms with Gasteiger partial charge < -0.3 is 23.6 Å². The Morgan fingerprint density at radius 2 is 1.23 bits per heavy atom. The molecule has 2 atom stereocenters. The summed E-state index contributed by atoms with van der Waals surface area (Å²) in [6, 6.07) is 0. The summed E-state index contributed by atoms with van der Waals surface area (Å²) in [6.07, 6.45) is 23.4. The van der Waals surface area contributed by atoms with Crippen molar-refractivity contribution in [3.05, 3.63) is 0 Å². The largest absolute Gasteiger partial charge is 0.472 e. The summed E-state index contributed by atoms with van der Waals surface area (Å²) in [4.78, 5) is 32.9. The molecule has 256 valence electrons. The molecule has 0 rings (SSSR count). The van der Waals surface area contributed by atoms with Gasteiger partial charge in [-0.25, -0.2) is 4.57 Å². The first kappa shape index (κ1) is 42.2. The SMILES string of the molecule is CCCCCCCCCCCCCCCCOC[C@H](COP(=O)(O)OCC[N+](C)(C)C)OC(=O)CCCCCCCC=O. The number of hydrogen-bond acceptors (Lipinski definition) is 7. The van der Waals surface area contributed by atoms with Crippen molar-refractivity contribution < 1.29 is 42.1 Å². The lowest BCUT2D eigenvalue weighted by Crippen LogP contribution is -2.37. The lowest BCUT2D eigenvalue weighted by atomic mass is 10.0. The fourth-order valence-corrected chi connectivity index (χ4v) is 5.39. The van der Waals surface area contributed by atoms with Gasteiger partial charge in [0.2, 0.25) is 0 Å². The molecule has 0 spiro atoms. The second-order valence-electron chi connectivity index (χ2n) is 12.9. The molecular formula is C33H67NO8P+. The zero-order valence-electron chi connectivity index (χ0n) is 28.2. The van der Waals surface area contributed by atoms with Crippen molar-refractivity contribution in [1.82, 2.24) is 0 Å². The first-order chi connectivity index (χ1) is 20.6. The van der Waals surface area contributed by atoms with E-state index in [0.29, 0.717) is 30.5 Å². The van der Waals surface area contributed by atoms with E-state index < -0.39 is 13.9 Å². The molecule has 0 aliphatic heterocycles. The Labute approximate surface area is 264 Å². The summed E-state index contributed by atoms with van der Waals surface area (Å²) in [5.41, 5.74) is 0. The van der Waals surface area contributed by atoms with Crippen molar-refractivity contribution in [2.24, 2.45) is 0 Å². The predicted molar refractivity (Wildman–Crippen MR) is 174 cm³/mol. The molecule has 0 radical (unpaired) electrons. The number of hydrogen-bond donors (Lipinski definition) is 1. The van der Waals surface area contributed by atoms with Gasteiger partial charge in [-0.05, 0) is 19.3 Å². The highest BCUT2D eigenvalue weighted by atomic mass is 31.2. The van der Waals surface area contributed by atoms with Gasteiger partial charge in [0.15, 0.2) is 0 Å². The fourth-order valence-electron chi connectivity index (χ4n) is 4.65. The van der Waals surface area contributed by atoms with Crippen LogP contribution >= 0.6 is 7.82 Å². The number of unbranched alkanes of at least 4 members (excludes halogenated alkanes) is 18. The Hall–Kier alpha value is -0.830. The number of likely N-dealkylation sites (N-methyl/N-ethyl adjacent to an activating group) is 1. The molecule has 0 saturated carbocycles. The molecule has 10 heteroatoms. The maximum Gasteiger partial charge on any atom is 0.472 e. The van der Waals surface area contributed by atoms with E-state index in [-0.39, 0.29) is 32.2 Å². The van der Waals surface area contributed by atoms with Gasteiger partial charge in [0, 0.05) is 19.4 Å². The number of rotatable bonds is 33. The normalized spacial score (nSPS) is 14.0. The van der Waals surface area contributed by atoms with Crippen molar-refractivity contribution in [2.45, 2.75) is 148 Å². The van der Waals surface area contributed by atoms with Gasteiger partial charge in [0.1, 0.15) is 25.5 Å². The summed E-state index contributed by atoms with van der Waals surface area (Å²) < 4.78 is 34.5. The van der Waals surface area contributed by atoms with Crippen LogP contribution in [0.3, 0.4) is 0 Å². The Morgan fingerprint density at radius 1 is 0.721 bits per heavy atom. The first-order valence-electron chi connectivity index (χ1n) is 17.2. The number of carbonyl (C=O) groups excluding carboxylic acids is 2. The summed E-state index contributed by atoms with van der Waals surface area (Å²) in [7, 11) is 1.61. The molecule has 0 aromatic rings. The predicted octanol–water partition coefficient (Wildman–Crippen LogP) is 8.17. The van der Waals surface area contributed by atoms with Crippen LogP contribution in [-0.4, -0.2) is 81.9 Å². The van der Waals surface area contributed by atoms with Gasteiger partial charge in [-0.1, -0.05) is 110 Å². The standard InChI is InChI=1S/C33H66NO8P/c1-5-6-7-8-9-10-11-12-13-14-15-18-21-24-28-39-30-32(31-41-43(37,38)40-29-26-34(2,3)4)42-33(36)25-22-19-16-17-20-23-27-35/h27,32H,5-26,28-31H2,1-4H3/p+1/t32-/m1/s1. The number of ether oxygens (including phenoxy) is 2. The fraction of sp³-hybridized carbons (Fsp3) is 0.939. The van der Waals surface area contributed by atoms with Crippen LogP contribution in [0.25, 0.3) is 0 Å². The highest BCUT2D eigenvalue weighted by Crippen LogP contribution is 2.43. The van der Waals surface area contributed by atoms with Crippen molar-refractivity contribution >= 4 is 20.1 Å². The van der Waals surface area contributed by atoms with E-state index in [1.165, 1.54) is 77.0 Å². The first-order valence-corrected chi connectivity index (χ1v) is 18.7. The van der Waals surface area contributed by atoms with Crippen LogP contribution in [0.4, 0.5) is 0 Å². The Morgan fingerprint density at radius 3 is 1.77 bits per heavy atom. The minimum Gasteiger partial charge on any atom is -0.457 e. The molecule has 43 heavy (non-hydrogen) atoms. The van der Waals surface area contributed by atoms with Gasteiger partial charge in [-0.2, -0.15) is 0 Å². The average Bonchev–Trinajstić information content (AvgIpc) is 2.94. The highest BCUT2D eigenvalue weighted by molar-refractivity contribution is 7.47. The summed E-state index contributed by atoms with van der Waals surface area (Å²) in [5, 5.41) is 0. The molecule has 0 aromatic carbocycles. The average molecular weight is 637 g/mol. The third kappa shape index (κ3) is 32.4. The van der Waals surface area contributed by atoms with Crippen molar-refractivity contribution in [3.63, 3.8) is 0 Å². The number of quaternary nitrogens is 1. The van der Waals surface area contributed by atoms with Gasteiger partial charge >= 0.3 is 13.8 Å². The van der Waals surface area contributed by atoms with Crippen LogP contribution in [0.5, 0.6) is 0 Å². The van der Waals surface area contributed by atoms with Gasteiger partial charge in [0.05, 0.1) is 34.4 Å². The van der Waals surface area contributed by atoms with Gasteiger partial charge in [-0.15, -0.1) is 0 Å². The lowest BCUT2D eigenvalue weighted by Gasteiger charge is -2.24. The molecule has 0 aliphatic rings. The van der Waals surface area contributed by atoms with Crippen molar-refractivity contribution in [2.75, 3.05) is 54.1 Å². The smallest absolute Gasteiger partial charge is 0.457 e. The molecule has 9 nitrogen and oxygen atoms in total. The number of aldehydes is 1. The zero-order chi connectivity index (χ0) is 32.1. The van der Waals surface area contributed by atoms with Crippen molar-refractivity contribution in [1.29, 1.82) is 0 Å². The monoisotopic (exact) mass is 636 g/mol. The summed E-state index contributed by atoms with van der Waals surface area (Å²) in [5.74, 6) is -0.375. The number of esters is 1. The highest BCUT2D eigenvalue weighted by Gasteiger charge is 2.26. The van der Waals surface area contributed by atoms with Crippen LogP contribution in [0, 0.1) is 0 Å². The van der Waals surface area contributed by atoms with E-state index in [0.717, 1.165) is 44.8 Å². The molecule has 0 amide bonds. The maximum absolute atomic E-state index is 12.4. The molecule has 0 saturated heterocycles. The molecule has 1 unspecified atom stereocenters. The summed E-state index contributed by atoms with van der Waals surface area (Å²) >= 11 is 0. The van der Waals surface area contributed by atoms with Crippen LogP contribution < -0.4 is 0 Å². The Kier molecular flexibility index (Phi) is 28.1. The van der Waals surface area contributed by atoms with E-state index >= 15 is 0 Å². The molecule has 0 fully saturated rings. The molecule has 0 aromatic heterocycles. The van der Waals surface area contributed by atoms with Crippen molar-refractivity contribution in [3.8, 4) is 0 Å². The second kappa shape index (κ2) is 28.6. The Balaban J connectivity index is 4.23. The van der Waals surface area contributed by atoms with Crippen LogP contribution in [0.1, 0.15) is 142 Å². The van der Waals surface area contributed by atoms with Crippen LogP contribution in [0.15, 0.2) is 0 Å². The lowest BCUT2D eigenvalue weighted by molar-refractivity contribution is -0.870. The van der Waals surface area contributed by atoms with E-state index in [2.05, 4.69) is 6.92 Å².